The molecule has 4 nitrogen and oxygen atoms in total. The minimum absolute atomic E-state index is 0.761. The van der Waals surface area contributed by atoms with E-state index in [0.717, 1.165) is 29.3 Å². The Balaban J connectivity index is 1.76. The van der Waals surface area contributed by atoms with E-state index in [1.807, 2.05) is 29.7 Å². The zero-order chi connectivity index (χ0) is 14.9. The molecule has 0 atom stereocenters. The number of aromatic nitrogens is 3. The van der Waals surface area contributed by atoms with Crippen LogP contribution in [0.5, 0.6) is 0 Å². The van der Waals surface area contributed by atoms with Crippen molar-refractivity contribution in [2.24, 2.45) is 0 Å². The Morgan fingerprint density at radius 2 is 2.05 bits per heavy atom. The Bertz CT molecular complexity index is 797. The van der Waals surface area contributed by atoms with E-state index in [0.29, 0.717) is 0 Å². The molecule has 22 heavy (non-hydrogen) atoms. The number of aryl methyl sites for hydroxylation is 2. The lowest BCUT2D eigenvalue weighted by Crippen LogP contribution is -2.19. The fraction of sp³-hybridized carbons (Fsp3) is 0.353. The zero-order valence-electron chi connectivity index (χ0n) is 12.6. The van der Waals surface area contributed by atoms with Gasteiger partial charge in [0, 0.05) is 18.1 Å². The van der Waals surface area contributed by atoms with Gasteiger partial charge in [-0.3, -0.25) is 4.98 Å². The number of pyridine rings is 1. The molecule has 0 saturated heterocycles. The van der Waals surface area contributed by atoms with Gasteiger partial charge in [0.15, 0.2) is 0 Å². The topological polar surface area (TPSA) is 41.9 Å². The molecule has 0 radical (unpaired) electrons. The molecular weight excluding hydrogens is 292 g/mol. The van der Waals surface area contributed by atoms with Gasteiger partial charge < -0.3 is 4.90 Å². The van der Waals surface area contributed by atoms with E-state index in [-0.39, 0.29) is 0 Å². The second-order valence-corrected chi connectivity index (χ2v) is 6.85. The van der Waals surface area contributed by atoms with Crippen molar-refractivity contribution >= 4 is 27.4 Å². The molecule has 3 aromatic heterocycles. The molecular formula is C17H18N4S. The standard InChI is InChI=1S/C17H18N4S/c1-21(10-12-6-4-5-9-18-12)16-15-13-7-2-3-8-14(13)22-17(15)20-11-19-16/h4-6,9,11H,2-3,7-8,10H2,1H3. The van der Waals surface area contributed by atoms with Crippen LogP contribution in [-0.4, -0.2) is 22.0 Å². The number of hydrogen-bond donors (Lipinski definition) is 0. The van der Waals surface area contributed by atoms with E-state index in [4.69, 9.17) is 0 Å². The molecule has 5 heteroatoms. The summed E-state index contributed by atoms with van der Waals surface area (Å²) < 4.78 is 0. The Morgan fingerprint density at radius 1 is 1.14 bits per heavy atom. The third kappa shape index (κ3) is 2.35. The molecule has 0 unspecified atom stereocenters. The van der Waals surface area contributed by atoms with Crippen LogP contribution in [0.2, 0.25) is 0 Å². The van der Waals surface area contributed by atoms with Gasteiger partial charge in [-0.15, -0.1) is 11.3 Å². The lowest BCUT2D eigenvalue weighted by atomic mass is 9.97. The van der Waals surface area contributed by atoms with E-state index >= 15 is 0 Å². The van der Waals surface area contributed by atoms with Crippen LogP contribution in [0.25, 0.3) is 10.2 Å². The molecule has 0 aromatic carbocycles. The van der Waals surface area contributed by atoms with Crippen molar-refractivity contribution in [3.63, 3.8) is 0 Å². The number of nitrogens with zero attached hydrogens (tertiary/aromatic N) is 4. The van der Waals surface area contributed by atoms with Gasteiger partial charge in [0.1, 0.15) is 17.0 Å². The van der Waals surface area contributed by atoms with E-state index in [9.17, 15) is 0 Å². The number of hydrogen-bond acceptors (Lipinski definition) is 5. The maximum absolute atomic E-state index is 4.58. The van der Waals surface area contributed by atoms with E-state index in [1.165, 1.54) is 35.1 Å². The van der Waals surface area contributed by atoms with Gasteiger partial charge >= 0.3 is 0 Å². The molecule has 0 bridgehead atoms. The monoisotopic (exact) mass is 310 g/mol. The van der Waals surface area contributed by atoms with Crippen molar-refractivity contribution in [2.45, 2.75) is 32.2 Å². The van der Waals surface area contributed by atoms with E-state index in [1.54, 1.807) is 6.33 Å². The van der Waals surface area contributed by atoms with Gasteiger partial charge in [-0.1, -0.05) is 6.07 Å². The Kier molecular flexibility index (Phi) is 3.50. The lowest BCUT2D eigenvalue weighted by molar-refractivity contribution is 0.700. The lowest BCUT2D eigenvalue weighted by Gasteiger charge is -2.19. The molecule has 0 aliphatic heterocycles. The highest BCUT2D eigenvalue weighted by atomic mass is 32.1. The van der Waals surface area contributed by atoms with Crippen LogP contribution in [-0.2, 0) is 19.4 Å². The molecule has 0 amide bonds. The fourth-order valence-corrected chi connectivity index (χ4v) is 4.40. The number of anilines is 1. The maximum atomic E-state index is 4.58. The fourth-order valence-electron chi connectivity index (χ4n) is 3.17. The van der Waals surface area contributed by atoms with Crippen LogP contribution >= 0.6 is 11.3 Å². The SMILES string of the molecule is CN(Cc1ccccn1)c1ncnc2sc3c(c12)CCCC3. The molecule has 0 spiro atoms. The molecule has 112 valence electrons. The summed E-state index contributed by atoms with van der Waals surface area (Å²) in [5, 5.41) is 1.26. The molecule has 1 aliphatic rings. The Morgan fingerprint density at radius 3 is 2.91 bits per heavy atom. The van der Waals surface area contributed by atoms with Gasteiger partial charge in [-0.2, -0.15) is 0 Å². The Hall–Kier alpha value is -2.01. The number of rotatable bonds is 3. The first-order valence-corrected chi connectivity index (χ1v) is 8.51. The third-order valence-corrected chi connectivity index (χ3v) is 5.42. The summed E-state index contributed by atoms with van der Waals surface area (Å²) in [4.78, 5) is 18.3. The summed E-state index contributed by atoms with van der Waals surface area (Å²) in [6.07, 6.45) is 8.45. The highest BCUT2D eigenvalue weighted by molar-refractivity contribution is 7.19. The third-order valence-electron chi connectivity index (χ3n) is 4.22. The van der Waals surface area contributed by atoms with Gasteiger partial charge in [-0.25, -0.2) is 9.97 Å². The molecule has 0 saturated carbocycles. The largest absolute Gasteiger partial charge is 0.353 e. The van der Waals surface area contributed by atoms with Crippen molar-refractivity contribution in [2.75, 3.05) is 11.9 Å². The minimum Gasteiger partial charge on any atom is -0.353 e. The van der Waals surface area contributed by atoms with Crippen LogP contribution < -0.4 is 4.90 Å². The van der Waals surface area contributed by atoms with Gasteiger partial charge in [0.25, 0.3) is 0 Å². The van der Waals surface area contributed by atoms with Gasteiger partial charge in [-0.05, 0) is 43.4 Å². The van der Waals surface area contributed by atoms with Crippen LogP contribution in [0.1, 0.15) is 29.0 Å². The minimum atomic E-state index is 0.761. The number of fused-ring (bicyclic) bond motifs is 3. The molecule has 3 aromatic rings. The first-order chi connectivity index (χ1) is 10.8. The van der Waals surface area contributed by atoms with E-state index in [2.05, 4.69) is 33.0 Å². The van der Waals surface area contributed by atoms with Crippen molar-refractivity contribution < 1.29 is 0 Å². The summed E-state index contributed by atoms with van der Waals surface area (Å²) in [6, 6.07) is 6.03. The van der Waals surface area contributed by atoms with Gasteiger partial charge in [0.05, 0.1) is 17.6 Å². The summed E-state index contributed by atoms with van der Waals surface area (Å²) >= 11 is 1.84. The summed E-state index contributed by atoms with van der Waals surface area (Å²) in [5.74, 6) is 1.04. The van der Waals surface area contributed by atoms with Crippen LogP contribution in [0.3, 0.4) is 0 Å². The van der Waals surface area contributed by atoms with Gasteiger partial charge in [0.2, 0.25) is 0 Å². The number of thiophene rings is 1. The normalized spacial score (nSPS) is 14.0. The smallest absolute Gasteiger partial charge is 0.141 e. The first kappa shape index (κ1) is 13.6. The highest BCUT2D eigenvalue weighted by Crippen LogP contribution is 2.39. The second kappa shape index (κ2) is 5.65. The second-order valence-electron chi connectivity index (χ2n) is 5.77. The summed E-state index contributed by atoms with van der Waals surface area (Å²) in [5.41, 5.74) is 2.54. The highest BCUT2D eigenvalue weighted by Gasteiger charge is 2.21. The van der Waals surface area contributed by atoms with Crippen molar-refractivity contribution in [3.8, 4) is 0 Å². The molecule has 1 aliphatic carbocycles. The van der Waals surface area contributed by atoms with Crippen LogP contribution in [0, 0.1) is 0 Å². The van der Waals surface area contributed by atoms with E-state index < -0.39 is 0 Å². The quantitative estimate of drug-likeness (QED) is 0.741. The van der Waals surface area contributed by atoms with Crippen molar-refractivity contribution in [3.05, 3.63) is 46.9 Å². The summed E-state index contributed by atoms with van der Waals surface area (Å²) in [7, 11) is 2.09. The molecule has 0 fully saturated rings. The maximum Gasteiger partial charge on any atom is 0.141 e. The predicted molar refractivity (Wildman–Crippen MR) is 90.4 cm³/mol. The summed E-state index contributed by atoms with van der Waals surface area (Å²) in [6.45, 7) is 0.761. The molecule has 4 rings (SSSR count). The molecule has 3 heterocycles. The molecule has 0 N–H and O–H groups in total. The average molecular weight is 310 g/mol. The van der Waals surface area contributed by atoms with Crippen molar-refractivity contribution in [1.82, 2.24) is 15.0 Å². The van der Waals surface area contributed by atoms with Crippen molar-refractivity contribution in [1.29, 1.82) is 0 Å². The predicted octanol–water partition coefficient (Wildman–Crippen LogP) is 3.60. The first-order valence-electron chi connectivity index (χ1n) is 7.69. The Labute approximate surface area is 133 Å². The van der Waals surface area contributed by atoms with Crippen LogP contribution in [0.15, 0.2) is 30.7 Å². The van der Waals surface area contributed by atoms with Crippen LogP contribution in [0.4, 0.5) is 5.82 Å². The zero-order valence-corrected chi connectivity index (χ0v) is 13.4. The average Bonchev–Trinajstić information content (AvgIpc) is 2.94.